The molecular formula is C11H12BrN3S. The van der Waals surface area contributed by atoms with E-state index in [2.05, 4.69) is 55.2 Å². The first kappa shape index (κ1) is 11.5. The molecule has 84 valence electrons. The van der Waals surface area contributed by atoms with E-state index in [4.69, 9.17) is 0 Å². The van der Waals surface area contributed by atoms with E-state index in [1.165, 1.54) is 4.88 Å². The van der Waals surface area contributed by atoms with Crippen LogP contribution in [0.4, 0.5) is 5.95 Å². The van der Waals surface area contributed by atoms with Gasteiger partial charge in [0.25, 0.3) is 0 Å². The van der Waals surface area contributed by atoms with Crippen molar-refractivity contribution in [2.45, 2.75) is 13.5 Å². The van der Waals surface area contributed by atoms with E-state index >= 15 is 0 Å². The van der Waals surface area contributed by atoms with Gasteiger partial charge in [-0.15, -0.1) is 11.3 Å². The van der Waals surface area contributed by atoms with Gasteiger partial charge in [0.2, 0.25) is 5.95 Å². The summed E-state index contributed by atoms with van der Waals surface area (Å²) in [6, 6.07) is 4.20. The maximum atomic E-state index is 4.30. The van der Waals surface area contributed by atoms with Crippen molar-refractivity contribution in [2.75, 3.05) is 11.4 Å². The molecule has 2 aromatic rings. The van der Waals surface area contributed by atoms with Gasteiger partial charge in [-0.2, -0.15) is 0 Å². The first-order valence-electron chi connectivity index (χ1n) is 5.04. The summed E-state index contributed by atoms with van der Waals surface area (Å²) in [7, 11) is 0. The Labute approximate surface area is 107 Å². The smallest absolute Gasteiger partial charge is 0.225 e. The molecule has 2 rings (SSSR count). The van der Waals surface area contributed by atoms with Crippen molar-refractivity contribution in [2.24, 2.45) is 0 Å². The summed E-state index contributed by atoms with van der Waals surface area (Å²) in [5.74, 6) is 0.777. The molecule has 0 fully saturated rings. The summed E-state index contributed by atoms with van der Waals surface area (Å²) < 4.78 is 0.906. The molecule has 3 nitrogen and oxygen atoms in total. The standard InChI is InChI=1S/C11H12BrN3S/c1-2-15(8-10-4-3-5-16-10)11-13-6-9(12)7-14-11/h3-7H,2,8H2,1H3. The van der Waals surface area contributed by atoms with Crippen LogP contribution in [0, 0.1) is 0 Å². The van der Waals surface area contributed by atoms with E-state index < -0.39 is 0 Å². The van der Waals surface area contributed by atoms with Crippen molar-refractivity contribution in [3.05, 3.63) is 39.3 Å². The van der Waals surface area contributed by atoms with Gasteiger partial charge in [0, 0.05) is 23.8 Å². The molecule has 0 aliphatic rings. The maximum Gasteiger partial charge on any atom is 0.225 e. The summed E-state index contributed by atoms with van der Waals surface area (Å²) in [5.41, 5.74) is 0. The van der Waals surface area contributed by atoms with Crippen LogP contribution >= 0.6 is 27.3 Å². The van der Waals surface area contributed by atoms with Crippen molar-refractivity contribution < 1.29 is 0 Å². The molecule has 0 bridgehead atoms. The predicted octanol–water partition coefficient (Wildman–Crippen LogP) is 3.33. The van der Waals surface area contributed by atoms with Gasteiger partial charge in [-0.25, -0.2) is 9.97 Å². The zero-order valence-corrected chi connectivity index (χ0v) is 11.3. The Bertz CT molecular complexity index is 427. The van der Waals surface area contributed by atoms with E-state index in [1.807, 2.05) is 0 Å². The monoisotopic (exact) mass is 297 g/mol. The van der Waals surface area contributed by atoms with E-state index in [0.717, 1.165) is 23.5 Å². The Morgan fingerprint density at radius 1 is 1.38 bits per heavy atom. The first-order chi connectivity index (χ1) is 7.79. The third-order valence-corrected chi connectivity index (χ3v) is 3.47. The second-order valence-corrected chi connectivity index (χ2v) is 5.24. The zero-order chi connectivity index (χ0) is 11.4. The lowest BCUT2D eigenvalue weighted by atomic mass is 10.4. The van der Waals surface area contributed by atoms with Crippen molar-refractivity contribution in [3.63, 3.8) is 0 Å². The van der Waals surface area contributed by atoms with Crippen LogP contribution < -0.4 is 4.90 Å². The molecule has 0 saturated heterocycles. The van der Waals surface area contributed by atoms with Crippen molar-refractivity contribution in [1.82, 2.24) is 9.97 Å². The minimum Gasteiger partial charge on any atom is -0.336 e. The first-order valence-corrected chi connectivity index (χ1v) is 6.71. The third kappa shape index (κ3) is 2.80. The molecule has 0 aliphatic carbocycles. The van der Waals surface area contributed by atoms with Crippen LogP contribution in [-0.2, 0) is 6.54 Å². The fourth-order valence-corrected chi connectivity index (χ4v) is 2.31. The quantitative estimate of drug-likeness (QED) is 0.867. The van der Waals surface area contributed by atoms with Crippen molar-refractivity contribution in [3.8, 4) is 0 Å². The van der Waals surface area contributed by atoms with Crippen molar-refractivity contribution >= 4 is 33.2 Å². The predicted molar refractivity (Wildman–Crippen MR) is 70.8 cm³/mol. The van der Waals surface area contributed by atoms with Crippen LogP contribution in [-0.4, -0.2) is 16.5 Å². The molecule has 0 aliphatic heterocycles. The van der Waals surface area contributed by atoms with Crippen LogP contribution in [0.3, 0.4) is 0 Å². The Kier molecular flexibility index (Phi) is 3.90. The molecule has 0 atom stereocenters. The number of hydrogen-bond acceptors (Lipinski definition) is 4. The molecule has 16 heavy (non-hydrogen) atoms. The molecule has 0 amide bonds. The normalized spacial score (nSPS) is 10.4. The SMILES string of the molecule is CCN(Cc1cccs1)c1ncc(Br)cn1. The van der Waals surface area contributed by atoms with E-state index in [-0.39, 0.29) is 0 Å². The summed E-state index contributed by atoms with van der Waals surface area (Å²) in [6.45, 7) is 3.88. The van der Waals surface area contributed by atoms with E-state index in [0.29, 0.717) is 0 Å². The number of halogens is 1. The topological polar surface area (TPSA) is 29.0 Å². The second kappa shape index (κ2) is 5.41. The highest BCUT2D eigenvalue weighted by Gasteiger charge is 2.08. The molecule has 0 unspecified atom stereocenters. The average molecular weight is 298 g/mol. The molecule has 2 heterocycles. The molecule has 0 radical (unpaired) electrons. The van der Waals surface area contributed by atoms with Gasteiger partial charge in [0.15, 0.2) is 0 Å². The van der Waals surface area contributed by atoms with Gasteiger partial charge in [0.05, 0.1) is 11.0 Å². The third-order valence-electron chi connectivity index (χ3n) is 2.20. The Morgan fingerprint density at radius 3 is 2.69 bits per heavy atom. The highest BCUT2D eigenvalue weighted by molar-refractivity contribution is 9.10. The summed E-state index contributed by atoms with van der Waals surface area (Å²) in [5, 5.41) is 2.09. The number of rotatable bonds is 4. The van der Waals surface area contributed by atoms with Crippen molar-refractivity contribution in [1.29, 1.82) is 0 Å². The summed E-state index contributed by atoms with van der Waals surface area (Å²) in [6.07, 6.45) is 3.55. The number of nitrogens with zero attached hydrogens (tertiary/aromatic N) is 3. The van der Waals surface area contributed by atoms with Crippen LogP contribution in [0.1, 0.15) is 11.8 Å². The van der Waals surface area contributed by atoms with E-state index in [1.54, 1.807) is 23.7 Å². The van der Waals surface area contributed by atoms with Gasteiger partial charge in [0.1, 0.15) is 0 Å². The Morgan fingerprint density at radius 2 is 2.12 bits per heavy atom. The lowest BCUT2D eigenvalue weighted by molar-refractivity contribution is 0.799. The van der Waals surface area contributed by atoms with Crippen LogP contribution in [0.5, 0.6) is 0 Å². The number of thiophene rings is 1. The molecule has 0 N–H and O–H groups in total. The average Bonchev–Trinajstić information content (AvgIpc) is 2.80. The van der Waals surface area contributed by atoms with Crippen LogP contribution in [0.15, 0.2) is 34.4 Å². The second-order valence-electron chi connectivity index (χ2n) is 3.29. The minimum absolute atomic E-state index is 0.777. The zero-order valence-electron chi connectivity index (χ0n) is 8.93. The summed E-state index contributed by atoms with van der Waals surface area (Å²) >= 11 is 5.09. The fourth-order valence-electron chi connectivity index (χ4n) is 1.38. The molecule has 0 aromatic carbocycles. The lowest BCUT2D eigenvalue weighted by Gasteiger charge is -2.19. The molecule has 2 aromatic heterocycles. The van der Waals surface area contributed by atoms with Gasteiger partial charge in [-0.1, -0.05) is 6.07 Å². The molecule has 0 saturated carbocycles. The van der Waals surface area contributed by atoms with E-state index in [9.17, 15) is 0 Å². The van der Waals surface area contributed by atoms with Gasteiger partial charge in [-0.3, -0.25) is 0 Å². The number of anilines is 1. The Balaban J connectivity index is 2.13. The highest BCUT2D eigenvalue weighted by Crippen LogP contribution is 2.16. The fraction of sp³-hybridized carbons (Fsp3) is 0.273. The van der Waals surface area contributed by atoms with Gasteiger partial charge < -0.3 is 4.90 Å². The highest BCUT2D eigenvalue weighted by atomic mass is 79.9. The maximum absolute atomic E-state index is 4.30. The largest absolute Gasteiger partial charge is 0.336 e. The molecule has 5 heteroatoms. The van der Waals surface area contributed by atoms with Gasteiger partial charge in [-0.05, 0) is 34.3 Å². The molecular weight excluding hydrogens is 286 g/mol. The molecule has 0 spiro atoms. The van der Waals surface area contributed by atoms with Crippen LogP contribution in [0.2, 0.25) is 0 Å². The Hall–Kier alpha value is -0.940. The minimum atomic E-state index is 0.777. The number of aromatic nitrogens is 2. The van der Waals surface area contributed by atoms with Crippen LogP contribution in [0.25, 0.3) is 0 Å². The summed E-state index contributed by atoms with van der Waals surface area (Å²) in [4.78, 5) is 12.1. The lowest BCUT2D eigenvalue weighted by Crippen LogP contribution is -2.23. The number of hydrogen-bond donors (Lipinski definition) is 0. The van der Waals surface area contributed by atoms with Gasteiger partial charge >= 0.3 is 0 Å².